The Morgan fingerprint density at radius 3 is 2.63 bits per heavy atom. The summed E-state index contributed by atoms with van der Waals surface area (Å²) >= 11 is 0. The normalized spacial score (nSPS) is 10.4. The lowest BCUT2D eigenvalue weighted by Gasteiger charge is -2.08. The summed E-state index contributed by atoms with van der Waals surface area (Å²) in [6.07, 6.45) is 2.56. The number of aromatic nitrogens is 2. The lowest BCUT2D eigenvalue weighted by atomic mass is 10.1. The van der Waals surface area contributed by atoms with Crippen molar-refractivity contribution in [1.29, 1.82) is 0 Å². The summed E-state index contributed by atoms with van der Waals surface area (Å²) < 4.78 is 1.53. The van der Waals surface area contributed by atoms with Gasteiger partial charge < -0.3 is 11.1 Å². The van der Waals surface area contributed by atoms with Gasteiger partial charge in [-0.1, -0.05) is 31.2 Å². The Hall–Kier alpha value is -2.30. The molecule has 0 aliphatic carbocycles. The fraction of sp³-hybridized carbons (Fsp3) is 0.286. The number of nitrogens with two attached hydrogens (primary N) is 1. The lowest BCUT2D eigenvalue weighted by Crippen LogP contribution is -2.24. The molecule has 1 aromatic carbocycles. The standard InChI is InChI=1S/C14H18N4O/c1-3-10-6-4-5-7-11(10)8-16-14(19)13-12(15)9-18(2)17-13/h4-7,9H,3,8,15H2,1-2H3,(H,16,19). The first-order chi connectivity index (χ1) is 9.11. The Bertz CT molecular complexity index is 589. The molecular weight excluding hydrogens is 240 g/mol. The molecule has 0 saturated heterocycles. The first kappa shape index (κ1) is 13.1. The zero-order chi connectivity index (χ0) is 13.8. The van der Waals surface area contributed by atoms with Crippen LogP contribution in [0.5, 0.6) is 0 Å². The van der Waals surface area contributed by atoms with Gasteiger partial charge in [0.25, 0.3) is 5.91 Å². The average molecular weight is 258 g/mol. The molecule has 0 unspecified atom stereocenters. The number of nitrogens with zero attached hydrogens (tertiary/aromatic N) is 2. The van der Waals surface area contributed by atoms with Crippen molar-refractivity contribution in [2.24, 2.45) is 7.05 Å². The summed E-state index contributed by atoms with van der Waals surface area (Å²) in [7, 11) is 1.74. The lowest BCUT2D eigenvalue weighted by molar-refractivity contribution is 0.0946. The van der Waals surface area contributed by atoms with E-state index >= 15 is 0 Å². The zero-order valence-corrected chi connectivity index (χ0v) is 11.2. The van der Waals surface area contributed by atoms with Crippen LogP contribution in [0.15, 0.2) is 30.5 Å². The Balaban J connectivity index is 2.06. The fourth-order valence-corrected chi connectivity index (χ4v) is 2.02. The highest BCUT2D eigenvalue weighted by Crippen LogP contribution is 2.11. The number of rotatable bonds is 4. The summed E-state index contributed by atoms with van der Waals surface area (Å²) in [4.78, 5) is 12.0. The number of carbonyl (C=O) groups is 1. The molecule has 1 heterocycles. The molecule has 2 aromatic rings. The molecule has 0 aliphatic heterocycles. The quantitative estimate of drug-likeness (QED) is 0.872. The number of anilines is 1. The van der Waals surface area contributed by atoms with Crippen molar-refractivity contribution in [3.63, 3.8) is 0 Å². The van der Waals surface area contributed by atoms with Crippen molar-refractivity contribution in [3.05, 3.63) is 47.3 Å². The highest BCUT2D eigenvalue weighted by molar-refractivity contribution is 5.96. The number of amides is 1. The van der Waals surface area contributed by atoms with E-state index in [1.54, 1.807) is 13.2 Å². The molecule has 1 amide bonds. The van der Waals surface area contributed by atoms with E-state index in [-0.39, 0.29) is 11.6 Å². The van der Waals surface area contributed by atoms with E-state index < -0.39 is 0 Å². The number of nitrogens with one attached hydrogen (secondary N) is 1. The van der Waals surface area contributed by atoms with E-state index in [1.807, 2.05) is 18.2 Å². The molecule has 2 rings (SSSR count). The topological polar surface area (TPSA) is 72.9 Å². The number of aryl methyl sites for hydroxylation is 2. The molecule has 19 heavy (non-hydrogen) atoms. The van der Waals surface area contributed by atoms with Gasteiger partial charge in [-0.05, 0) is 17.5 Å². The van der Waals surface area contributed by atoms with E-state index in [9.17, 15) is 4.79 Å². The maximum absolute atomic E-state index is 12.0. The monoisotopic (exact) mass is 258 g/mol. The largest absolute Gasteiger partial charge is 0.396 e. The highest BCUT2D eigenvalue weighted by Gasteiger charge is 2.13. The summed E-state index contributed by atoms with van der Waals surface area (Å²) in [6, 6.07) is 8.05. The second-order valence-corrected chi connectivity index (χ2v) is 4.41. The molecule has 0 fully saturated rings. The van der Waals surface area contributed by atoms with Gasteiger partial charge in [-0.3, -0.25) is 9.48 Å². The molecule has 100 valence electrons. The Morgan fingerprint density at radius 1 is 1.37 bits per heavy atom. The van der Waals surface area contributed by atoms with Crippen LogP contribution in [0.2, 0.25) is 0 Å². The Morgan fingerprint density at radius 2 is 2.05 bits per heavy atom. The number of hydrogen-bond acceptors (Lipinski definition) is 3. The molecule has 0 bridgehead atoms. The van der Waals surface area contributed by atoms with Gasteiger partial charge in [0.2, 0.25) is 0 Å². The second kappa shape index (κ2) is 5.56. The number of nitrogen functional groups attached to an aromatic ring is 1. The molecule has 0 radical (unpaired) electrons. The second-order valence-electron chi connectivity index (χ2n) is 4.41. The van der Waals surface area contributed by atoms with Crippen molar-refractivity contribution in [2.45, 2.75) is 19.9 Å². The summed E-state index contributed by atoms with van der Waals surface area (Å²) in [6.45, 7) is 2.58. The molecule has 0 saturated carbocycles. The van der Waals surface area contributed by atoms with Gasteiger partial charge in [0.05, 0.1) is 5.69 Å². The SMILES string of the molecule is CCc1ccccc1CNC(=O)c1nn(C)cc1N. The van der Waals surface area contributed by atoms with Gasteiger partial charge in [-0.15, -0.1) is 0 Å². The predicted octanol–water partition coefficient (Wildman–Crippen LogP) is 1.49. The van der Waals surface area contributed by atoms with Crippen molar-refractivity contribution in [3.8, 4) is 0 Å². The van der Waals surface area contributed by atoms with Crippen LogP contribution in [0.4, 0.5) is 5.69 Å². The van der Waals surface area contributed by atoms with Crippen LogP contribution in [0.1, 0.15) is 28.5 Å². The predicted molar refractivity (Wildman–Crippen MR) is 74.6 cm³/mol. The van der Waals surface area contributed by atoms with Crippen LogP contribution in [0.25, 0.3) is 0 Å². The van der Waals surface area contributed by atoms with Gasteiger partial charge in [0.1, 0.15) is 0 Å². The average Bonchev–Trinajstić information content (AvgIpc) is 2.75. The van der Waals surface area contributed by atoms with Crippen molar-refractivity contribution < 1.29 is 4.79 Å². The third-order valence-corrected chi connectivity index (χ3v) is 3.01. The summed E-state index contributed by atoms with van der Waals surface area (Å²) in [5.74, 6) is -0.246. The first-order valence-corrected chi connectivity index (χ1v) is 6.26. The van der Waals surface area contributed by atoms with Crippen LogP contribution in [-0.4, -0.2) is 15.7 Å². The van der Waals surface area contributed by atoms with E-state index in [4.69, 9.17) is 5.73 Å². The molecule has 0 atom stereocenters. The first-order valence-electron chi connectivity index (χ1n) is 6.26. The van der Waals surface area contributed by atoms with E-state index in [1.165, 1.54) is 10.2 Å². The van der Waals surface area contributed by atoms with E-state index in [2.05, 4.69) is 23.4 Å². The van der Waals surface area contributed by atoms with Crippen molar-refractivity contribution in [2.75, 3.05) is 5.73 Å². The van der Waals surface area contributed by atoms with E-state index in [0.29, 0.717) is 12.2 Å². The van der Waals surface area contributed by atoms with Gasteiger partial charge in [0.15, 0.2) is 5.69 Å². The molecule has 5 nitrogen and oxygen atoms in total. The molecule has 1 aromatic heterocycles. The third kappa shape index (κ3) is 2.93. The molecule has 0 spiro atoms. The maximum Gasteiger partial charge on any atom is 0.274 e. The summed E-state index contributed by atoms with van der Waals surface area (Å²) in [5.41, 5.74) is 8.74. The van der Waals surface area contributed by atoms with Gasteiger partial charge in [-0.25, -0.2) is 0 Å². The minimum Gasteiger partial charge on any atom is -0.396 e. The summed E-state index contributed by atoms with van der Waals surface area (Å²) in [5, 5.41) is 6.89. The van der Waals surface area contributed by atoms with Crippen LogP contribution in [0.3, 0.4) is 0 Å². The minimum atomic E-state index is -0.246. The van der Waals surface area contributed by atoms with Gasteiger partial charge >= 0.3 is 0 Å². The molecule has 5 heteroatoms. The van der Waals surface area contributed by atoms with Crippen LogP contribution in [0, 0.1) is 0 Å². The van der Waals surface area contributed by atoms with Crippen molar-refractivity contribution >= 4 is 11.6 Å². The molecule has 3 N–H and O–H groups in total. The minimum absolute atomic E-state index is 0.246. The Kier molecular flexibility index (Phi) is 3.85. The number of benzene rings is 1. The van der Waals surface area contributed by atoms with Crippen LogP contribution < -0.4 is 11.1 Å². The zero-order valence-electron chi connectivity index (χ0n) is 11.2. The number of hydrogen-bond donors (Lipinski definition) is 2. The van der Waals surface area contributed by atoms with E-state index in [0.717, 1.165) is 12.0 Å². The highest BCUT2D eigenvalue weighted by atomic mass is 16.1. The maximum atomic E-state index is 12.0. The molecule has 0 aliphatic rings. The van der Waals surface area contributed by atoms with Gasteiger partial charge in [0, 0.05) is 19.8 Å². The molecular formula is C14H18N4O. The third-order valence-electron chi connectivity index (χ3n) is 3.01. The van der Waals surface area contributed by atoms with Crippen LogP contribution in [-0.2, 0) is 20.0 Å². The van der Waals surface area contributed by atoms with Gasteiger partial charge in [-0.2, -0.15) is 5.10 Å². The van der Waals surface area contributed by atoms with Crippen molar-refractivity contribution in [1.82, 2.24) is 15.1 Å². The smallest absolute Gasteiger partial charge is 0.274 e. The Labute approximate surface area is 112 Å². The van der Waals surface area contributed by atoms with Crippen LogP contribution >= 0.6 is 0 Å². The fourth-order valence-electron chi connectivity index (χ4n) is 2.02. The number of carbonyl (C=O) groups excluding carboxylic acids is 1.